The zero-order valence-corrected chi connectivity index (χ0v) is 13.6. The predicted octanol–water partition coefficient (Wildman–Crippen LogP) is 2.56. The number of anilines is 1. The van der Waals surface area contributed by atoms with Crippen LogP contribution in [0.15, 0.2) is 24.3 Å². The average Bonchev–Trinajstić information content (AvgIpc) is 2.95. The molecule has 0 radical (unpaired) electrons. The van der Waals surface area contributed by atoms with Crippen molar-refractivity contribution in [3.8, 4) is 0 Å². The molecule has 0 bridgehead atoms. The summed E-state index contributed by atoms with van der Waals surface area (Å²) in [6.07, 6.45) is 4.11. The molecule has 3 atom stereocenters. The quantitative estimate of drug-likeness (QED) is 0.927. The van der Waals surface area contributed by atoms with Gasteiger partial charge in [-0.3, -0.25) is 9.69 Å². The molecule has 5 heteroatoms. The number of para-hydroxylation sites is 1. The van der Waals surface area contributed by atoms with Crippen molar-refractivity contribution in [3.63, 3.8) is 0 Å². The number of rotatable bonds is 4. The molecule has 0 saturated carbocycles. The number of amides is 1. The van der Waals surface area contributed by atoms with Crippen molar-refractivity contribution in [2.24, 2.45) is 0 Å². The van der Waals surface area contributed by atoms with E-state index in [0.29, 0.717) is 18.7 Å². The molecule has 1 amide bonds. The number of hydrogen-bond acceptors (Lipinski definition) is 3. The van der Waals surface area contributed by atoms with Gasteiger partial charge in [-0.2, -0.15) is 0 Å². The van der Waals surface area contributed by atoms with Crippen LogP contribution in [0.3, 0.4) is 0 Å². The number of carbonyl (C=O) groups excluding carboxylic acids is 1. The van der Waals surface area contributed by atoms with Crippen LogP contribution in [0.1, 0.15) is 39.0 Å². The highest BCUT2D eigenvalue weighted by Crippen LogP contribution is 2.31. The maximum Gasteiger partial charge on any atom is 0.244 e. The molecule has 3 rings (SSSR count). The molecule has 1 aromatic rings. The number of likely N-dealkylation sites (tertiary alicyclic amines) is 1. The Morgan fingerprint density at radius 3 is 2.74 bits per heavy atom. The number of aliphatic hydroxyl groups is 1. The summed E-state index contributed by atoms with van der Waals surface area (Å²) < 4.78 is 14.1. The second-order valence-electron chi connectivity index (χ2n) is 6.72. The third-order valence-corrected chi connectivity index (χ3v) is 4.99. The highest BCUT2D eigenvalue weighted by atomic mass is 19.1. The largest absolute Gasteiger partial charge is 0.393 e. The smallest absolute Gasteiger partial charge is 0.244 e. The lowest BCUT2D eigenvalue weighted by Crippen LogP contribution is -2.54. The Labute approximate surface area is 136 Å². The van der Waals surface area contributed by atoms with Crippen molar-refractivity contribution >= 4 is 11.6 Å². The summed E-state index contributed by atoms with van der Waals surface area (Å²) in [6.45, 7) is 3.26. The fraction of sp³-hybridized carbons (Fsp3) is 0.611. The normalized spacial score (nSPS) is 27.4. The van der Waals surface area contributed by atoms with Gasteiger partial charge in [-0.15, -0.1) is 0 Å². The number of nitrogens with zero attached hydrogens (tertiary/aromatic N) is 2. The maximum atomic E-state index is 14.1. The van der Waals surface area contributed by atoms with E-state index in [4.69, 9.17) is 0 Å². The van der Waals surface area contributed by atoms with Gasteiger partial charge in [-0.1, -0.05) is 12.1 Å². The first-order chi connectivity index (χ1) is 11.1. The van der Waals surface area contributed by atoms with E-state index >= 15 is 0 Å². The molecule has 3 unspecified atom stereocenters. The third kappa shape index (κ3) is 3.40. The number of aliphatic hydroxyl groups excluding tert-OH is 1. The van der Waals surface area contributed by atoms with Crippen molar-refractivity contribution in [1.82, 2.24) is 4.90 Å². The molecule has 0 aromatic heterocycles. The Kier molecular flexibility index (Phi) is 4.97. The van der Waals surface area contributed by atoms with Crippen molar-refractivity contribution in [3.05, 3.63) is 30.1 Å². The molecule has 1 N–H and O–H groups in total. The Morgan fingerprint density at radius 2 is 2.00 bits per heavy atom. The van der Waals surface area contributed by atoms with Gasteiger partial charge < -0.3 is 10.0 Å². The monoisotopic (exact) mass is 320 g/mol. The molecule has 2 aliphatic rings. The topological polar surface area (TPSA) is 43.8 Å². The van der Waals surface area contributed by atoms with Gasteiger partial charge in [-0.05, 0) is 57.7 Å². The van der Waals surface area contributed by atoms with E-state index < -0.39 is 0 Å². The molecule has 2 saturated heterocycles. The van der Waals surface area contributed by atoms with Crippen LogP contribution in [-0.2, 0) is 4.79 Å². The van der Waals surface area contributed by atoms with Gasteiger partial charge in [-0.25, -0.2) is 4.39 Å². The van der Waals surface area contributed by atoms with Crippen molar-refractivity contribution in [2.45, 2.75) is 57.2 Å². The second kappa shape index (κ2) is 6.97. The number of benzene rings is 1. The summed E-state index contributed by atoms with van der Waals surface area (Å²) in [7, 11) is 0. The van der Waals surface area contributed by atoms with Crippen LogP contribution in [0.2, 0.25) is 0 Å². The number of carbonyl (C=O) groups is 1. The number of halogens is 1. The van der Waals surface area contributed by atoms with Gasteiger partial charge in [0.05, 0.1) is 17.8 Å². The lowest BCUT2D eigenvalue weighted by atomic mass is 9.99. The Bertz CT molecular complexity index is 564. The molecule has 23 heavy (non-hydrogen) atoms. The Balaban J connectivity index is 1.78. The number of hydrogen-bond donors (Lipinski definition) is 1. The zero-order valence-electron chi connectivity index (χ0n) is 13.6. The van der Waals surface area contributed by atoms with Gasteiger partial charge in [0.25, 0.3) is 0 Å². The minimum Gasteiger partial charge on any atom is -0.393 e. The van der Waals surface area contributed by atoms with E-state index in [1.807, 2.05) is 0 Å². The highest BCUT2D eigenvalue weighted by Gasteiger charge is 2.39. The first kappa shape index (κ1) is 16.4. The van der Waals surface area contributed by atoms with Gasteiger partial charge in [0.2, 0.25) is 5.91 Å². The highest BCUT2D eigenvalue weighted by molar-refractivity contribution is 5.98. The molecular weight excluding hydrogens is 295 g/mol. The summed E-state index contributed by atoms with van der Waals surface area (Å²) in [6, 6.07) is 6.55. The first-order valence-corrected chi connectivity index (χ1v) is 8.57. The van der Waals surface area contributed by atoms with Crippen molar-refractivity contribution < 1.29 is 14.3 Å². The summed E-state index contributed by atoms with van der Waals surface area (Å²) in [5, 5.41) is 9.69. The Hall–Kier alpha value is -1.46. The summed E-state index contributed by atoms with van der Waals surface area (Å²) in [4.78, 5) is 16.8. The van der Waals surface area contributed by atoms with Crippen LogP contribution in [0.25, 0.3) is 0 Å². The van der Waals surface area contributed by atoms with E-state index in [9.17, 15) is 14.3 Å². The van der Waals surface area contributed by atoms with Crippen LogP contribution in [0.4, 0.5) is 10.1 Å². The molecule has 2 aliphatic heterocycles. The SMILES string of the molecule is CC(O)CC1CCCN1C1CCCN(c2ccccc2F)C1=O. The van der Waals surface area contributed by atoms with Crippen LogP contribution in [-0.4, -0.2) is 47.2 Å². The molecular formula is C18H25FN2O2. The summed E-state index contributed by atoms with van der Waals surface area (Å²) in [5.74, 6) is -0.345. The average molecular weight is 320 g/mol. The van der Waals surface area contributed by atoms with Crippen molar-refractivity contribution in [2.75, 3.05) is 18.0 Å². The van der Waals surface area contributed by atoms with Gasteiger partial charge >= 0.3 is 0 Å². The van der Waals surface area contributed by atoms with Crippen LogP contribution >= 0.6 is 0 Å². The van der Waals surface area contributed by atoms with E-state index in [1.54, 1.807) is 30.0 Å². The van der Waals surface area contributed by atoms with Crippen LogP contribution < -0.4 is 4.90 Å². The maximum absolute atomic E-state index is 14.1. The van der Waals surface area contributed by atoms with Gasteiger partial charge in [0.1, 0.15) is 5.82 Å². The minimum absolute atomic E-state index is 0.00107. The van der Waals surface area contributed by atoms with Gasteiger partial charge in [0.15, 0.2) is 0 Å². The summed E-state index contributed by atoms with van der Waals surface area (Å²) in [5.41, 5.74) is 0.383. The zero-order chi connectivity index (χ0) is 16.4. The molecule has 0 spiro atoms. The standard InChI is InChI=1S/C18H25FN2O2/c1-13(22)12-14-6-4-10-20(14)17-9-5-11-21(18(17)23)16-8-3-2-7-15(16)19/h2-3,7-8,13-14,17,22H,4-6,9-12H2,1H3. The molecule has 0 aliphatic carbocycles. The van der Waals surface area contributed by atoms with Crippen molar-refractivity contribution in [1.29, 1.82) is 0 Å². The molecule has 2 heterocycles. The van der Waals surface area contributed by atoms with Crippen LogP contribution in [0.5, 0.6) is 0 Å². The Morgan fingerprint density at radius 1 is 1.26 bits per heavy atom. The fourth-order valence-electron chi connectivity index (χ4n) is 3.99. The van der Waals surface area contributed by atoms with E-state index in [-0.39, 0.29) is 29.9 Å². The lowest BCUT2D eigenvalue weighted by molar-refractivity contribution is -0.126. The summed E-state index contributed by atoms with van der Waals surface area (Å²) >= 11 is 0. The number of piperidine rings is 1. The fourth-order valence-corrected chi connectivity index (χ4v) is 3.99. The molecule has 4 nitrogen and oxygen atoms in total. The third-order valence-electron chi connectivity index (χ3n) is 4.99. The lowest BCUT2D eigenvalue weighted by Gasteiger charge is -2.39. The first-order valence-electron chi connectivity index (χ1n) is 8.57. The minimum atomic E-state index is -0.359. The van der Waals surface area contributed by atoms with E-state index in [0.717, 1.165) is 32.2 Å². The van der Waals surface area contributed by atoms with E-state index in [2.05, 4.69) is 4.90 Å². The van der Waals surface area contributed by atoms with E-state index in [1.165, 1.54) is 6.07 Å². The van der Waals surface area contributed by atoms with Crippen LogP contribution in [0, 0.1) is 5.82 Å². The predicted molar refractivity (Wildman–Crippen MR) is 87.8 cm³/mol. The second-order valence-corrected chi connectivity index (χ2v) is 6.72. The molecule has 1 aromatic carbocycles. The molecule has 126 valence electrons. The van der Waals surface area contributed by atoms with Gasteiger partial charge in [0, 0.05) is 12.6 Å². The molecule has 2 fully saturated rings.